The minimum atomic E-state index is 0. The van der Waals surface area contributed by atoms with Crippen molar-refractivity contribution in [3.8, 4) is 0 Å². The Hall–Kier alpha value is -0.890. The quantitative estimate of drug-likeness (QED) is 0.120. The van der Waals surface area contributed by atoms with Gasteiger partial charge in [-0.25, -0.2) is 0 Å². The summed E-state index contributed by atoms with van der Waals surface area (Å²) in [6.07, 6.45) is 25.5. The third kappa shape index (κ3) is 17.2. The molecular formula is C31H58FN. The van der Waals surface area contributed by atoms with E-state index in [1.54, 1.807) is 5.56 Å². The average molecular weight is 464 g/mol. The van der Waals surface area contributed by atoms with E-state index >= 15 is 0 Å². The highest BCUT2D eigenvalue weighted by molar-refractivity contribution is 5.13. The summed E-state index contributed by atoms with van der Waals surface area (Å²) in [7, 11) is 0. The monoisotopic (exact) mass is 463 g/mol. The van der Waals surface area contributed by atoms with Gasteiger partial charge in [-0.1, -0.05) is 128 Å². The smallest absolute Gasteiger partial charge is 0.104 e. The summed E-state index contributed by atoms with van der Waals surface area (Å²) >= 11 is 0. The van der Waals surface area contributed by atoms with Crippen molar-refractivity contribution in [3.63, 3.8) is 0 Å². The van der Waals surface area contributed by atoms with Crippen LogP contribution in [0.4, 0.5) is 0 Å². The first-order valence-corrected chi connectivity index (χ1v) is 14.7. The summed E-state index contributed by atoms with van der Waals surface area (Å²) in [4.78, 5) is 0. The number of benzene rings is 1. The van der Waals surface area contributed by atoms with E-state index in [-0.39, 0.29) is 4.70 Å². The molecule has 0 radical (unpaired) electrons. The number of halogens is 1. The van der Waals surface area contributed by atoms with Crippen molar-refractivity contribution in [2.24, 2.45) is 0 Å². The molecule has 1 aromatic carbocycles. The van der Waals surface area contributed by atoms with Crippen LogP contribution in [0.3, 0.4) is 0 Å². The fraction of sp³-hybridized carbons (Fsp3) is 0.806. The maximum Gasteiger partial charge on any atom is 0.104 e. The van der Waals surface area contributed by atoms with E-state index in [1.165, 1.54) is 146 Å². The molecule has 0 aliphatic rings. The molecule has 0 fully saturated rings. The van der Waals surface area contributed by atoms with Crippen molar-refractivity contribution in [3.05, 3.63) is 35.9 Å². The Labute approximate surface area is 207 Å². The van der Waals surface area contributed by atoms with Crippen molar-refractivity contribution in [1.82, 2.24) is 0 Å². The van der Waals surface area contributed by atoms with Crippen molar-refractivity contribution in [1.29, 1.82) is 0 Å². The Morgan fingerprint density at radius 3 is 1.15 bits per heavy atom. The van der Waals surface area contributed by atoms with Gasteiger partial charge in [0.25, 0.3) is 0 Å². The molecule has 0 saturated heterocycles. The van der Waals surface area contributed by atoms with E-state index in [1.807, 2.05) is 0 Å². The molecule has 0 aliphatic carbocycles. The zero-order chi connectivity index (χ0) is 23.2. The number of unbranched alkanes of at least 4 members (excludes halogenated alkanes) is 15. The predicted octanol–water partition coefficient (Wildman–Crippen LogP) is 7.09. The Bertz CT molecular complexity index is 460. The summed E-state index contributed by atoms with van der Waals surface area (Å²) in [5.74, 6) is 0. The van der Waals surface area contributed by atoms with Crippen molar-refractivity contribution in [2.45, 2.75) is 143 Å². The van der Waals surface area contributed by atoms with Gasteiger partial charge < -0.3 is 9.19 Å². The van der Waals surface area contributed by atoms with Gasteiger partial charge in [0.1, 0.15) is 6.54 Å². The van der Waals surface area contributed by atoms with Gasteiger partial charge in [0.15, 0.2) is 0 Å². The van der Waals surface area contributed by atoms with Crippen LogP contribution >= 0.6 is 0 Å². The lowest BCUT2D eigenvalue weighted by Crippen LogP contribution is -3.00. The van der Waals surface area contributed by atoms with E-state index in [0.717, 1.165) is 0 Å². The number of quaternary nitrogens is 1. The molecule has 1 aromatic rings. The van der Waals surface area contributed by atoms with Crippen LogP contribution in [0.15, 0.2) is 30.3 Å². The Kier molecular flexibility index (Phi) is 22.3. The number of hydrogen-bond acceptors (Lipinski definition) is 0. The van der Waals surface area contributed by atoms with Crippen molar-refractivity contribution in [2.75, 3.05) is 19.6 Å². The molecule has 0 unspecified atom stereocenters. The number of nitrogens with zero attached hydrogens (tertiary/aromatic N) is 1. The van der Waals surface area contributed by atoms with Gasteiger partial charge in [-0.3, -0.25) is 0 Å². The molecule has 0 heterocycles. The van der Waals surface area contributed by atoms with Crippen molar-refractivity contribution < 1.29 is 9.19 Å². The zero-order valence-electron chi connectivity index (χ0n) is 22.8. The van der Waals surface area contributed by atoms with E-state index < -0.39 is 0 Å². The maximum absolute atomic E-state index is 2.37. The largest absolute Gasteiger partial charge is 1.00 e. The molecule has 0 amide bonds. The number of hydrogen-bond donors (Lipinski definition) is 0. The molecule has 0 spiro atoms. The first-order chi connectivity index (χ1) is 15.8. The fourth-order valence-corrected chi connectivity index (χ4v) is 5.23. The summed E-state index contributed by atoms with van der Waals surface area (Å²) in [6, 6.07) is 11.4. The molecule has 0 bridgehead atoms. The third-order valence-corrected chi connectivity index (χ3v) is 7.32. The first-order valence-electron chi connectivity index (χ1n) is 14.7. The molecular weight excluding hydrogens is 405 g/mol. The van der Waals surface area contributed by atoms with Crippen LogP contribution in [-0.4, -0.2) is 24.1 Å². The molecule has 1 rings (SSSR count). The first kappa shape index (κ1) is 32.1. The van der Waals surface area contributed by atoms with Gasteiger partial charge >= 0.3 is 0 Å². The van der Waals surface area contributed by atoms with Crippen LogP contribution in [0.25, 0.3) is 0 Å². The molecule has 1 nitrogen and oxygen atoms in total. The molecule has 0 aromatic heterocycles. The molecule has 33 heavy (non-hydrogen) atoms. The van der Waals surface area contributed by atoms with Gasteiger partial charge in [-0.2, -0.15) is 0 Å². The SMILES string of the molecule is CCCCCCCC[N+](CCCCCCCC)(CCCCCCCC)Cc1ccccc1.[F-]. The van der Waals surface area contributed by atoms with Gasteiger partial charge in [0.05, 0.1) is 19.6 Å². The summed E-state index contributed by atoms with van der Waals surface area (Å²) in [5, 5.41) is 0. The minimum Gasteiger partial charge on any atom is -1.00 e. The average Bonchev–Trinajstić information content (AvgIpc) is 2.81. The molecule has 0 saturated carbocycles. The van der Waals surface area contributed by atoms with Gasteiger partial charge in [-0.05, 0) is 38.5 Å². The van der Waals surface area contributed by atoms with E-state index in [0.29, 0.717) is 0 Å². The van der Waals surface area contributed by atoms with E-state index in [4.69, 9.17) is 0 Å². The Morgan fingerprint density at radius 2 is 0.788 bits per heavy atom. The molecule has 194 valence electrons. The summed E-state index contributed by atoms with van der Waals surface area (Å²) in [5.41, 5.74) is 1.55. The molecule has 0 atom stereocenters. The molecule has 0 aliphatic heterocycles. The topological polar surface area (TPSA) is 0 Å². The lowest BCUT2D eigenvalue weighted by atomic mass is 10.0. The van der Waals surface area contributed by atoms with Crippen LogP contribution in [0.2, 0.25) is 0 Å². The van der Waals surface area contributed by atoms with Crippen molar-refractivity contribution >= 4 is 0 Å². The highest BCUT2D eigenvalue weighted by Crippen LogP contribution is 2.22. The highest BCUT2D eigenvalue weighted by atomic mass is 19.0. The lowest BCUT2D eigenvalue weighted by Gasteiger charge is -2.39. The van der Waals surface area contributed by atoms with Crippen LogP contribution in [0, 0.1) is 0 Å². The second kappa shape index (κ2) is 22.9. The van der Waals surface area contributed by atoms with Crippen LogP contribution in [-0.2, 0) is 6.54 Å². The lowest BCUT2D eigenvalue weighted by molar-refractivity contribution is -0.941. The fourth-order valence-electron chi connectivity index (χ4n) is 5.23. The van der Waals surface area contributed by atoms with E-state index in [2.05, 4.69) is 51.1 Å². The second-order valence-electron chi connectivity index (χ2n) is 10.5. The van der Waals surface area contributed by atoms with Crippen LogP contribution in [0.5, 0.6) is 0 Å². The van der Waals surface area contributed by atoms with Crippen LogP contribution < -0.4 is 4.70 Å². The highest BCUT2D eigenvalue weighted by Gasteiger charge is 2.26. The minimum absolute atomic E-state index is 0. The standard InChI is InChI=1S/C31H58N.FH/c1-4-7-10-13-16-22-27-32(28-23-17-14-11-8-5-2,29-24-18-15-12-9-6-3)30-31-25-20-19-21-26-31;/h19-21,25-26H,4-18,22-24,27-30H2,1-3H3;1H/q+1;/p-1. The Morgan fingerprint density at radius 1 is 0.455 bits per heavy atom. The Balaban J connectivity index is 0.0000102. The predicted molar refractivity (Wildman–Crippen MR) is 145 cm³/mol. The summed E-state index contributed by atoms with van der Waals surface area (Å²) in [6.45, 7) is 12.4. The third-order valence-electron chi connectivity index (χ3n) is 7.32. The molecule has 0 N–H and O–H groups in total. The van der Waals surface area contributed by atoms with E-state index in [9.17, 15) is 0 Å². The summed E-state index contributed by atoms with van der Waals surface area (Å²) < 4.78 is 1.35. The zero-order valence-corrected chi connectivity index (χ0v) is 22.8. The van der Waals surface area contributed by atoms with Gasteiger partial charge in [0, 0.05) is 5.56 Å². The van der Waals surface area contributed by atoms with Gasteiger partial charge in [0.2, 0.25) is 0 Å². The second-order valence-corrected chi connectivity index (χ2v) is 10.5. The van der Waals surface area contributed by atoms with Gasteiger partial charge in [-0.15, -0.1) is 0 Å². The number of rotatable bonds is 23. The maximum atomic E-state index is 2.37. The van der Waals surface area contributed by atoms with Crippen LogP contribution in [0.1, 0.15) is 142 Å². The normalized spacial score (nSPS) is 11.5. The molecule has 2 heteroatoms.